The lowest BCUT2D eigenvalue weighted by Gasteiger charge is -1.88. The standard InChI is InChI=1S/C5H6N2S/c1-5-2-3-6-7(5)4-8/h2-4H,1H3. The van der Waals surface area contributed by atoms with Crippen molar-refractivity contribution in [3.63, 3.8) is 0 Å². The molecule has 42 valence electrons. The molecule has 0 saturated heterocycles. The van der Waals surface area contributed by atoms with Crippen LogP contribution in [0.3, 0.4) is 0 Å². The molecule has 0 atom stereocenters. The molecule has 1 aromatic rings. The third-order valence-corrected chi connectivity index (χ3v) is 1.17. The van der Waals surface area contributed by atoms with E-state index in [1.807, 2.05) is 13.0 Å². The van der Waals surface area contributed by atoms with Crippen LogP contribution in [0.15, 0.2) is 12.3 Å². The van der Waals surface area contributed by atoms with Crippen molar-refractivity contribution in [2.24, 2.45) is 0 Å². The number of thiocarbonyl (C=S) groups is 1. The Hall–Kier alpha value is -0.700. The lowest BCUT2D eigenvalue weighted by Crippen LogP contribution is -1.96. The molecule has 0 amide bonds. The van der Waals surface area contributed by atoms with Crippen molar-refractivity contribution in [3.05, 3.63) is 18.0 Å². The summed E-state index contributed by atoms with van der Waals surface area (Å²) in [5.74, 6) is 0. The number of hydrogen-bond acceptors (Lipinski definition) is 2. The van der Waals surface area contributed by atoms with Crippen LogP contribution < -0.4 is 0 Å². The van der Waals surface area contributed by atoms with Crippen LogP contribution in [0, 0.1) is 6.92 Å². The van der Waals surface area contributed by atoms with Crippen molar-refractivity contribution < 1.29 is 0 Å². The van der Waals surface area contributed by atoms with E-state index < -0.39 is 0 Å². The van der Waals surface area contributed by atoms with Crippen molar-refractivity contribution >= 4 is 17.7 Å². The topological polar surface area (TPSA) is 17.8 Å². The summed E-state index contributed by atoms with van der Waals surface area (Å²) in [7, 11) is 0. The SMILES string of the molecule is Cc1ccnn1C=S. The summed E-state index contributed by atoms with van der Waals surface area (Å²) in [6.07, 6.45) is 1.72. The van der Waals surface area contributed by atoms with Crippen molar-refractivity contribution in [1.29, 1.82) is 0 Å². The van der Waals surface area contributed by atoms with Gasteiger partial charge in [0.15, 0.2) is 0 Å². The first kappa shape index (κ1) is 5.44. The number of nitrogens with zero attached hydrogens (tertiary/aromatic N) is 2. The molecule has 0 aromatic carbocycles. The maximum Gasteiger partial charge on any atom is 0.0916 e. The number of aromatic nitrogens is 2. The lowest BCUT2D eigenvalue weighted by atomic mass is 10.5. The average Bonchev–Trinajstić information content (AvgIpc) is 2.14. The van der Waals surface area contributed by atoms with Gasteiger partial charge >= 0.3 is 0 Å². The zero-order valence-corrected chi connectivity index (χ0v) is 5.35. The maximum absolute atomic E-state index is 4.64. The highest BCUT2D eigenvalue weighted by Gasteiger charge is 1.87. The predicted molar refractivity (Wildman–Crippen MR) is 36.0 cm³/mol. The summed E-state index contributed by atoms with van der Waals surface area (Å²) >= 11 is 4.64. The normalized spacial score (nSPS) is 9.12. The van der Waals surface area contributed by atoms with Gasteiger partial charge in [0.05, 0.1) is 5.49 Å². The van der Waals surface area contributed by atoms with E-state index in [-0.39, 0.29) is 0 Å². The van der Waals surface area contributed by atoms with E-state index in [1.165, 1.54) is 5.49 Å². The van der Waals surface area contributed by atoms with Crippen LogP contribution >= 0.6 is 12.2 Å². The molecule has 0 aliphatic rings. The summed E-state index contributed by atoms with van der Waals surface area (Å²) in [6.45, 7) is 1.95. The minimum atomic E-state index is 1.07. The van der Waals surface area contributed by atoms with Gasteiger partial charge in [-0.05, 0) is 13.0 Å². The van der Waals surface area contributed by atoms with Crippen LogP contribution in [-0.2, 0) is 0 Å². The molecule has 8 heavy (non-hydrogen) atoms. The second kappa shape index (κ2) is 2.05. The molecular weight excluding hydrogens is 120 g/mol. The van der Waals surface area contributed by atoms with Gasteiger partial charge in [-0.25, -0.2) is 4.68 Å². The summed E-state index contributed by atoms with van der Waals surface area (Å²) in [4.78, 5) is 0. The van der Waals surface area contributed by atoms with Gasteiger partial charge in [0.1, 0.15) is 0 Å². The summed E-state index contributed by atoms with van der Waals surface area (Å²) in [6, 6.07) is 1.91. The van der Waals surface area contributed by atoms with Crippen LogP contribution in [0.4, 0.5) is 0 Å². The Morgan fingerprint density at radius 3 is 2.88 bits per heavy atom. The molecule has 0 saturated carbocycles. The van der Waals surface area contributed by atoms with Gasteiger partial charge in [0.2, 0.25) is 0 Å². The molecule has 0 aliphatic heterocycles. The minimum Gasteiger partial charge on any atom is -0.235 e. The molecule has 0 N–H and O–H groups in total. The van der Waals surface area contributed by atoms with Crippen LogP contribution in [-0.4, -0.2) is 15.3 Å². The van der Waals surface area contributed by atoms with E-state index in [2.05, 4.69) is 17.3 Å². The van der Waals surface area contributed by atoms with Crippen molar-refractivity contribution in [2.75, 3.05) is 0 Å². The summed E-state index contributed by atoms with van der Waals surface area (Å²) < 4.78 is 1.65. The van der Waals surface area contributed by atoms with Gasteiger partial charge in [-0.2, -0.15) is 5.10 Å². The molecule has 3 heteroatoms. The van der Waals surface area contributed by atoms with Gasteiger partial charge in [-0.3, -0.25) is 0 Å². The van der Waals surface area contributed by atoms with E-state index in [9.17, 15) is 0 Å². The predicted octanol–water partition coefficient (Wildman–Crippen LogP) is 0.997. The second-order valence-electron chi connectivity index (χ2n) is 1.52. The Morgan fingerprint density at radius 2 is 2.62 bits per heavy atom. The fourth-order valence-electron chi connectivity index (χ4n) is 0.491. The molecule has 0 fully saturated rings. The zero-order valence-electron chi connectivity index (χ0n) is 4.53. The maximum atomic E-state index is 4.64. The monoisotopic (exact) mass is 126 g/mol. The summed E-state index contributed by atoms with van der Waals surface area (Å²) in [5.41, 5.74) is 2.58. The quantitative estimate of drug-likeness (QED) is 0.522. The highest BCUT2D eigenvalue weighted by atomic mass is 32.1. The largest absolute Gasteiger partial charge is 0.235 e. The highest BCUT2D eigenvalue weighted by molar-refractivity contribution is 7.78. The highest BCUT2D eigenvalue weighted by Crippen LogP contribution is 1.90. The number of rotatable bonds is 1. The first-order valence-corrected chi connectivity index (χ1v) is 2.77. The van der Waals surface area contributed by atoms with Gasteiger partial charge in [0, 0.05) is 11.9 Å². The third kappa shape index (κ3) is 0.767. The van der Waals surface area contributed by atoms with Gasteiger partial charge < -0.3 is 0 Å². The molecule has 0 bridgehead atoms. The Morgan fingerprint density at radius 1 is 1.88 bits per heavy atom. The fraction of sp³-hybridized carbons (Fsp3) is 0.200. The number of aryl methyl sites for hydroxylation is 1. The molecule has 2 nitrogen and oxygen atoms in total. The first-order valence-electron chi connectivity index (χ1n) is 2.30. The Kier molecular flexibility index (Phi) is 1.39. The first-order chi connectivity index (χ1) is 3.84. The Bertz CT molecular complexity index is 192. The lowest BCUT2D eigenvalue weighted by molar-refractivity contribution is 0.930. The van der Waals surface area contributed by atoms with Gasteiger partial charge in [-0.1, -0.05) is 12.2 Å². The molecule has 0 spiro atoms. The van der Waals surface area contributed by atoms with Crippen molar-refractivity contribution in [1.82, 2.24) is 9.78 Å². The Balaban J connectivity index is 3.09. The van der Waals surface area contributed by atoms with Crippen LogP contribution in [0.25, 0.3) is 0 Å². The average molecular weight is 126 g/mol. The molecule has 0 aliphatic carbocycles. The summed E-state index contributed by atoms with van der Waals surface area (Å²) in [5, 5.41) is 3.89. The van der Waals surface area contributed by atoms with Gasteiger partial charge in [-0.15, -0.1) is 0 Å². The van der Waals surface area contributed by atoms with E-state index in [4.69, 9.17) is 0 Å². The molecule has 0 radical (unpaired) electrons. The van der Waals surface area contributed by atoms with E-state index >= 15 is 0 Å². The van der Waals surface area contributed by atoms with E-state index in [1.54, 1.807) is 10.9 Å². The Labute approximate surface area is 53.1 Å². The van der Waals surface area contributed by atoms with Crippen molar-refractivity contribution in [3.8, 4) is 0 Å². The molecule has 0 unspecified atom stereocenters. The third-order valence-electron chi connectivity index (χ3n) is 0.968. The molecular formula is C5H6N2S. The molecule has 1 aromatic heterocycles. The van der Waals surface area contributed by atoms with E-state index in [0.29, 0.717) is 0 Å². The fourth-order valence-corrected chi connectivity index (χ4v) is 0.712. The van der Waals surface area contributed by atoms with Crippen molar-refractivity contribution in [2.45, 2.75) is 6.92 Å². The van der Waals surface area contributed by atoms with Crippen LogP contribution in [0.5, 0.6) is 0 Å². The van der Waals surface area contributed by atoms with E-state index in [0.717, 1.165) is 5.69 Å². The smallest absolute Gasteiger partial charge is 0.0916 e. The second-order valence-corrected chi connectivity index (χ2v) is 1.73. The van der Waals surface area contributed by atoms with Crippen LogP contribution in [0.1, 0.15) is 5.69 Å². The van der Waals surface area contributed by atoms with Crippen LogP contribution in [0.2, 0.25) is 0 Å². The number of hydrogen-bond donors (Lipinski definition) is 0. The molecule has 1 rings (SSSR count). The molecule has 1 heterocycles. The zero-order chi connectivity index (χ0) is 5.98. The van der Waals surface area contributed by atoms with Gasteiger partial charge in [0.25, 0.3) is 0 Å². The minimum absolute atomic E-state index is 1.07.